The number of halogens is 2. The summed E-state index contributed by atoms with van der Waals surface area (Å²) < 4.78 is 1.33. The molecule has 3 aromatic carbocycles. The summed E-state index contributed by atoms with van der Waals surface area (Å²) in [4.78, 5) is 30.9. The maximum atomic E-state index is 13.3. The fourth-order valence-corrected chi connectivity index (χ4v) is 3.73. The number of Topliss-reactive ketones (excluding diaryl/α,β-unsaturated/α-hetero) is 1. The van der Waals surface area contributed by atoms with Gasteiger partial charge in [0.1, 0.15) is 6.04 Å². The molecule has 0 aliphatic rings. The number of carbonyl (C=O) groups is 1. The van der Waals surface area contributed by atoms with Gasteiger partial charge in [-0.3, -0.25) is 14.2 Å². The van der Waals surface area contributed by atoms with Crippen LogP contribution >= 0.6 is 23.2 Å². The quantitative estimate of drug-likeness (QED) is 0.437. The molecule has 0 radical (unpaired) electrons. The Balaban J connectivity index is 1.96. The highest BCUT2D eigenvalue weighted by atomic mass is 35.5. The molecule has 0 bridgehead atoms. The average molecular weight is 409 g/mol. The highest BCUT2D eigenvalue weighted by Gasteiger charge is 2.26. The largest absolute Gasteiger partial charge is 0.291 e. The van der Waals surface area contributed by atoms with Gasteiger partial charge in [0, 0.05) is 10.6 Å². The summed E-state index contributed by atoms with van der Waals surface area (Å²) in [6.07, 6.45) is 1.36. The molecule has 4 aromatic rings. The van der Waals surface area contributed by atoms with Crippen LogP contribution in [0.2, 0.25) is 10.0 Å². The van der Waals surface area contributed by atoms with E-state index in [0.717, 1.165) is 0 Å². The van der Waals surface area contributed by atoms with Crippen LogP contribution in [0.4, 0.5) is 0 Å². The van der Waals surface area contributed by atoms with Crippen molar-refractivity contribution in [2.45, 2.75) is 6.04 Å². The van der Waals surface area contributed by atoms with Crippen molar-refractivity contribution in [3.63, 3.8) is 0 Å². The van der Waals surface area contributed by atoms with Crippen molar-refractivity contribution in [1.29, 1.82) is 0 Å². The predicted molar refractivity (Wildman–Crippen MR) is 111 cm³/mol. The van der Waals surface area contributed by atoms with Crippen molar-refractivity contribution < 1.29 is 4.79 Å². The number of ketones is 1. The van der Waals surface area contributed by atoms with E-state index < -0.39 is 6.04 Å². The van der Waals surface area contributed by atoms with Gasteiger partial charge in [-0.1, -0.05) is 83.9 Å². The first-order valence-electron chi connectivity index (χ1n) is 8.56. The van der Waals surface area contributed by atoms with Gasteiger partial charge in [0.25, 0.3) is 5.56 Å². The number of hydrogen-bond acceptors (Lipinski definition) is 3. The fourth-order valence-electron chi connectivity index (χ4n) is 3.19. The van der Waals surface area contributed by atoms with E-state index in [1.54, 1.807) is 24.3 Å². The van der Waals surface area contributed by atoms with Crippen LogP contribution < -0.4 is 5.56 Å². The molecule has 0 saturated heterocycles. The minimum atomic E-state index is -0.856. The van der Waals surface area contributed by atoms with E-state index in [-0.39, 0.29) is 21.8 Å². The first-order valence-corrected chi connectivity index (χ1v) is 9.32. The second kappa shape index (κ2) is 7.58. The molecule has 1 aromatic heterocycles. The summed E-state index contributed by atoms with van der Waals surface area (Å²) in [7, 11) is 0. The lowest BCUT2D eigenvalue weighted by Gasteiger charge is -2.19. The summed E-state index contributed by atoms with van der Waals surface area (Å²) in [6.45, 7) is 0. The van der Waals surface area contributed by atoms with Crippen LogP contribution in [0.25, 0.3) is 10.9 Å². The van der Waals surface area contributed by atoms with Crippen molar-refractivity contribution in [2.75, 3.05) is 0 Å². The highest BCUT2D eigenvalue weighted by Crippen LogP contribution is 2.26. The SMILES string of the molecule is O=C(c1ccccc1)[C@@H](c1ccccc1)n1cnc2c(Cl)cc(Cl)cc2c1=O. The van der Waals surface area contributed by atoms with E-state index in [4.69, 9.17) is 23.2 Å². The Morgan fingerprint density at radius 3 is 2.25 bits per heavy atom. The van der Waals surface area contributed by atoms with E-state index in [2.05, 4.69) is 4.98 Å². The van der Waals surface area contributed by atoms with Crippen molar-refractivity contribution in [1.82, 2.24) is 9.55 Å². The summed E-state index contributed by atoms with van der Waals surface area (Å²) in [5.74, 6) is -0.205. The Labute approximate surface area is 171 Å². The lowest BCUT2D eigenvalue weighted by atomic mass is 9.97. The zero-order chi connectivity index (χ0) is 19.7. The molecular formula is C22H14Cl2N2O2. The summed E-state index contributed by atoms with van der Waals surface area (Å²) in [5, 5.41) is 0.888. The standard InChI is InChI=1S/C22H14Cl2N2O2/c23-16-11-17-19(18(24)12-16)25-13-26(22(17)28)20(14-7-3-1-4-8-14)21(27)15-9-5-2-6-10-15/h1-13,20H/t20-/m1/s1. The van der Waals surface area contributed by atoms with E-state index in [1.165, 1.54) is 23.0 Å². The molecule has 1 heterocycles. The van der Waals surface area contributed by atoms with Crippen LogP contribution in [0.3, 0.4) is 0 Å². The van der Waals surface area contributed by atoms with Gasteiger partial charge in [0.2, 0.25) is 0 Å². The average Bonchev–Trinajstić information content (AvgIpc) is 2.71. The molecule has 1 atom stereocenters. The molecule has 0 saturated carbocycles. The molecule has 28 heavy (non-hydrogen) atoms. The topological polar surface area (TPSA) is 52.0 Å². The molecule has 0 amide bonds. The zero-order valence-electron chi connectivity index (χ0n) is 14.5. The van der Waals surface area contributed by atoms with Crippen molar-refractivity contribution in [3.05, 3.63) is 111 Å². The molecule has 0 spiro atoms. The maximum Gasteiger partial charge on any atom is 0.262 e. The maximum absolute atomic E-state index is 13.3. The van der Waals surface area contributed by atoms with Gasteiger partial charge in [0.15, 0.2) is 5.78 Å². The van der Waals surface area contributed by atoms with Crippen LogP contribution in [0.5, 0.6) is 0 Å². The minimum absolute atomic E-state index is 0.205. The van der Waals surface area contributed by atoms with Gasteiger partial charge >= 0.3 is 0 Å². The summed E-state index contributed by atoms with van der Waals surface area (Å²) >= 11 is 12.3. The Morgan fingerprint density at radius 2 is 1.57 bits per heavy atom. The molecule has 0 N–H and O–H groups in total. The number of rotatable bonds is 4. The number of fused-ring (bicyclic) bond motifs is 1. The Morgan fingerprint density at radius 1 is 0.929 bits per heavy atom. The van der Waals surface area contributed by atoms with Crippen LogP contribution in [-0.2, 0) is 0 Å². The molecule has 0 aliphatic carbocycles. The van der Waals surface area contributed by atoms with Crippen LogP contribution in [0.1, 0.15) is 22.0 Å². The van der Waals surface area contributed by atoms with Gasteiger partial charge < -0.3 is 0 Å². The number of aromatic nitrogens is 2. The van der Waals surface area contributed by atoms with Gasteiger partial charge in [-0.25, -0.2) is 4.98 Å². The third-order valence-corrected chi connectivity index (χ3v) is 5.01. The second-order valence-electron chi connectivity index (χ2n) is 6.28. The molecule has 138 valence electrons. The third-order valence-electron chi connectivity index (χ3n) is 4.50. The molecule has 6 heteroatoms. The highest BCUT2D eigenvalue weighted by molar-refractivity contribution is 6.38. The Kier molecular flexibility index (Phi) is 4.99. The first kappa shape index (κ1) is 18.4. The van der Waals surface area contributed by atoms with Crippen LogP contribution in [0.15, 0.2) is 83.9 Å². The summed E-state index contributed by atoms with van der Waals surface area (Å²) in [5.41, 5.74) is 1.17. The number of hydrogen-bond donors (Lipinski definition) is 0. The minimum Gasteiger partial charge on any atom is -0.291 e. The molecular weight excluding hydrogens is 395 g/mol. The molecule has 0 aliphatic heterocycles. The lowest BCUT2D eigenvalue weighted by Crippen LogP contribution is -2.31. The van der Waals surface area contributed by atoms with E-state index in [9.17, 15) is 9.59 Å². The zero-order valence-corrected chi connectivity index (χ0v) is 16.1. The van der Waals surface area contributed by atoms with Crippen molar-refractivity contribution in [3.8, 4) is 0 Å². The van der Waals surface area contributed by atoms with Gasteiger partial charge in [-0.15, -0.1) is 0 Å². The molecule has 4 nitrogen and oxygen atoms in total. The molecule has 4 rings (SSSR count). The molecule has 0 fully saturated rings. The third kappa shape index (κ3) is 3.33. The molecule has 0 unspecified atom stereocenters. The van der Waals surface area contributed by atoms with Crippen molar-refractivity contribution >= 4 is 39.9 Å². The number of benzene rings is 3. The smallest absolute Gasteiger partial charge is 0.262 e. The van der Waals surface area contributed by atoms with Crippen LogP contribution in [-0.4, -0.2) is 15.3 Å². The monoisotopic (exact) mass is 408 g/mol. The van der Waals surface area contributed by atoms with Gasteiger partial charge in [-0.2, -0.15) is 0 Å². The van der Waals surface area contributed by atoms with E-state index >= 15 is 0 Å². The van der Waals surface area contributed by atoms with E-state index in [1.807, 2.05) is 36.4 Å². The predicted octanol–water partition coefficient (Wildman–Crippen LogP) is 5.18. The Hall–Kier alpha value is -2.95. The van der Waals surface area contributed by atoms with Crippen LogP contribution in [0, 0.1) is 0 Å². The summed E-state index contributed by atoms with van der Waals surface area (Å²) in [6, 6.07) is 20.2. The Bertz CT molecular complexity index is 1220. The van der Waals surface area contributed by atoms with Crippen molar-refractivity contribution in [2.24, 2.45) is 0 Å². The normalized spacial score (nSPS) is 12.1. The first-order chi connectivity index (χ1) is 13.6. The number of nitrogens with zero attached hydrogens (tertiary/aromatic N) is 2. The van der Waals surface area contributed by atoms with Gasteiger partial charge in [0.05, 0.1) is 22.3 Å². The lowest BCUT2D eigenvalue weighted by molar-refractivity contribution is 0.0944. The fraction of sp³-hybridized carbons (Fsp3) is 0.0455. The van der Waals surface area contributed by atoms with Gasteiger partial charge in [-0.05, 0) is 17.7 Å². The van der Waals surface area contributed by atoms with E-state index in [0.29, 0.717) is 21.7 Å². The second-order valence-corrected chi connectivity index (χ2v) is 7.13. The number of carbonyl (C=O) groups excluding carboxylic acids is 1.